The van der Waals surface area contributed by atoms with Gasteiger partial charge in [-0.1, -0.05) is 22.9 Å². The van der Waals surface area contributed by atoms with Crippen molar-refractivity contribution in [2.45, 2.75) is 22.6 Å². The Morgan fingerprint density at radius 2 is 2.11 bits per heavy atom. The molecule has 144 valence electrons. The van der Waals surface area contributed by atoms with Crippen LogP contribution in [-0.2, 0) is 9.59 Å². The number of esters is 1. The van der Waals surface area contributed by atoms with E-state index in [1.54, 1.807) is 23.9 Å². The Hall–Kier alpha value is -1.77. The zero-order valence-electron chi connectivity index (χ0n) is 14.3. The lowest BCUT2D eigenvalue weighted by Crippen LogP contribution is -2.49. The summed E-state index contributed by atoms with van der Waals surface area (Å²) in [5, 5.41) is 11.3. The molecule has 2 fully saturated rings. The number of thioether (sulfide) groups is 1. The van der Waals surface area contributed by atoms with Crippen LogP contribution >= 0.6 is 34.7 Å². The average Bonchev–Trinajstić information content (AvgIpc) is 3.30. The van der Waals surface area contributed by atoms with E-state index in [0.29, 0.717) is 17.2 Å². The Labute approximate surface area is 172 Å². The van der Waals surface area contributed by atoms with E-state index in [0.717, 1.165) is 15.5 Å². The van der Waals surface area contributed by atoms with Crippen LogP contribution in [0.3, 0.4) is 0 Å². The van der Waals surface area contributed by atoms with Crippen molar-refractivity contribution < 1.29 is 19.4 Å². The molecule has 0 spiro atoms. The predicted octanol–water partition coefficient (Wildman–Crippen LogP) is 3.20. The minimum Gasteiger partial charge on any atom is -0.481 e. The highest BCUT2D eigenvalue weighted by Crippen LogP contribution is 2.68. The lowest BCUT2D eigenvalue weighted by atomic mass is 9.66. The molecule has 1 aromatic carbocycles. The van der Waals surface area contributed by atoms with Crippen LogP contribution in [-0.4, -0.2) is 27.3 Å². The third-order valence-corrected chi connectivity index (χ3v) is 9.61. The van der Waals surface area contributed by atoms with Crippen molar-refractivity contribution in [2.75, 3.05) is 0 Å². The lowest BCUT2D eigenvalue weighted by Gasteiger charge is -2.45. The van der Waals surface area contributed by atoms with E-state index >= 15 is 0 Å². The van der Waals surface area contributed by atoms with Crippen molar-refractivity contribution in [3.63, 3.8) is 0 Å². The number of hydrogen-bond acceptors (Lipinski definition) is 6. The van der Waals surface area contributed by atoms with Gasteiger partial charge in [0.2, 0.25) is 0 Å². The number of nitrogens with one attached hydrogen (secondary N) is 1. The van der Waals surface area contributed by atoms with E-state index in [1.165, 1.54) is 11.3 Å². The zero-order chi connectivity index (χ0) is 19.3. The largest absolute Gasteiger partial charge is 0.481 e. The fourth-order valence-corrected chi connectivity index (χ4v) is 9.03. The molecule has 2 aromatic rings. The van der Waals surface area contributed by atoms with Crippen LogP contribution in [0, 0.1) is 29.6 Å². The van der Waals surface area contributed by atoms with Gasteiger partial charge in [0.1, 0.15) is 5.75 Å². The summed E-state index contributed by atoms with van der Waals surface area (Å²) in [5.41, 5.74) is 0.811. The first-order valence-electron chi connectivity index (χ1n) is 9.07. The molecule has 2 aliphatic carbocycles. The Morgan fingerprint density at radius 3 is 2.89 bits per heavy atom. The predicted molar refractivity (Wildman–Crippen MR) is 103 cm³/mol. The van der Waals surface area contributed by atoms with Crippen LogP contribution in [0.2, 0.25) is 5.02 Å². The summed E-state index contributed by atoms with van der Waals surface area (Å²) < 4.78 is 5.72. The maximum Gasteiger partial charge on any atom is 0.315 e. The summed E-state index contributed by atoms with van der Waals surface area (Å²) in [7, 11) is 0. The van der Waals surface area contributed by atoms with E-state index in [4.69, 9.17) is 16.3 Å². The van der Waals surface area contributed by atoms with Crippen molar-refractivity contribution in [2.24, 2.45) is 29.6 Å². The molecule has 2 aliphatic heterocycles. The number of fused-ring (bicyclic) bond motifs is 6. The van der Waals surface area contributed by atoms with Gasteiger partial charge in [0, 0.05) is 26.6 Å². The standard InChI is InChI=1S/C19H14ClNO5S2/c20-5-1-2-9-6(3-5)10-11-7-4-8(12(17(22)23)13(7)18(24)26-9)14(11)27-16-15(10)28-19(25)21-16/h1-3,7-8,10-14H,4H2,(H,21,25)(H,22,23). The van der Waals surface area contributed by atoms with Crippen LogP contribution in [0.25, 0.3) is 0 Å². The Bertz CT molecular complexity index is 1110. The van der Waals surface area contributed by atoms with Gasteiger partial charge < -0.3 is 14.8 Å². The van der Waals surface area contributed by atoms with Crippen LogP contribution in [0.5, 0.6) is 5.75 Å². The fraction of sp³-hybridized carbons (Fsp3) is 0.421. The monoisotopic (exact) mass is 435 g/mol. The average molecular weight is 436 g/mol. The van der Waals surface area contributed by atoms with Gasteiger partial charge in [-0.15, -0.1) is 11.8 Å². The minimum absolute atomic E-state index is 0.0443. The first kappa shape index (κ1) is 17.1. The molecule has 6 rings (SSSR count). The molecule has 4 aliphatic rings. The van der Waals surface area contributed by atoms with Gasteiger partial charge in [0.05, 0.1) is 16.9 Å². The number of thiazole rings is 1. The third kappa shape index (κ3) is 2.08. The molecule has 1 aromatic heterocycles. The highest BCUT2D eigenvalue weighted by molar-refractivity contribution is 8.00. The number of carbonyl (C=O) groups is 2. The molecule has 9 heteroatoms. The van der Waals surface area contributed by atoms with Gasteiger partial charge in [-0.3, -0.25) is 14.4 Å². The normalized spacial score (nSPS) is 36.9. The smallest absolute Gasteiger partial charge is 0.315 e. The van der Waals surface area contributed by atoms with Gasteiger partial charge in [0.15, 0.2) is 0 Å². The maximum atomic E-state index is 13.0. The second kappa shape index (κ2) is 5.64. The van der Waals surface area contributed by atoms with Crippen LogP contribution in [0.4, 0.5) is 0 Å². The van der Waals surface area contributed by atoms with Crippen molar-refractivity contribution in [3.05, 3.63) is 43.3 Å². The Morgan fingerprint density at radius 1 is 1.29 bits per heavy atom. The van der Waals surface area contributed by atoms with E-state index < -0.39 is 23.8 Å². The van der Waals surface area contributed by atoms with Gasteiger partial charge in [0.25, 0.3) is 0 Å². The first-order valence-corrected chi connectivity index (χ1v) is 11.1. The highest BCUT2D eigenvalue weighted by Gasteiger charge is 2.67. The number of hydrogen-bond donors (Lipinski definition) is 2. The summed E-state index contributed by atoms with van der Waals surface area (Å²) in [4.78, 5) is 40.9. The fourth-order valence-electron chi connectivity index (χ4n) is 5.97. The first-order chi connectivity index (χ1) is 13.4. The van der Waals surface area contributed by atoms with E-state index in [1.807, 2.05) is 6.07 Å². The molecule has 0 radical (unpaired) electrons. The third-order valence-electron chi connectivity index (χ3n) is 6.79. The van der Waals surface area contributed by atoms with Gasteiger partial charge in [-0.25, -0.2) is 0 Å². The highest BCUT2D eigenvalue weighted by atomic mass is 35.5. The molecule has 28 heavy (non-hydrogen) atoms. The van der Waals surface area contributed by atoms with E-state index in [9.17, 15) is 19.5 Å². The Balaban J connectivity index is 1.64. The molecule has 0 amide bonds. The summed E-state index contributed by atoms with van der Waals surface area (Å²) in [6, 6.07) is 5.15. The van der Waals surface area contributed by atoms with Crippen LogP contribution < -0.4 is 9.61 Å². The topological polar surface area (TPSA) is 96.5 Å². The number of aromatic nitrogens is 1. The number of halogens is 1. The minimum atomic E-state index is -0.938. The zero-order valence-corrected chi connectivity index (χ0v) is 16.6. The van der Waals surface area contributed by atoms with E-state index in [2.05, 4.69) is 4.98 Å². The van der Waals surface area contributed by atoms with Crippen molar-refractivity contribution in [3.8, 4) is 5.75 Å². The summed E-state index contributed by atoms with van der Waals surface area (Å²) in [5.74, 6) is -2.60. The quantitative estimate of drug-likeness (QED) is 0.527. The summed E-state index contributed by atoms with van der Waals surface area (Å²) in [6.07, 6.45) is 0.699. The van der Waals surface area contributed by atoms with Gasteiger partial charge in [-0.05, 0) is 42.4 Å². The molecule has 7 atom stereocenters. The molecular weight excluding hydrogens is 422 g/mol. The molecule has 6 nitrogen and oxygen atoms in total. The number of ether oxygens (including phenoxy) is 1. The number of aliphatic carboxylic acids is 1. The van der Waals surface area contributed by atoms with E-state index in [-0.39, 0.29) is 33.8 Å². The van der Waals surface area contributed by atoms with Crippen molar-refractivity contribution in [1.82, 2.24) is 4.98 Å². The van der Waals surface area contributed by atoms with Crippen molar-refractivity contribution >= 4 is 46.6 Å². The number of benzene rings is 1. The molecule has 2 saturated carbocycles. The van der Waals surface area contributed by atoms with Crippen molar-refractivity contribution in [1.29, 1.82) is 0 Å². The second-order valence-corrected chi connectivity index (χ2v) is 10.5. The summed E-state index contributed by atoms with van der Waals surface area (Å²) in [6.45, 7) is 0. The summed E-state index contributed by atoms with van der Waals surface area (Å²) >= 11 is 9.03. The lowest BCUT2D eigenvalue weighted by molar-refractivity contribution is -0.156. The SMILES string of the molecule is O=C(O)C1C2CC3C1C(=O)Oc1ccc(Cl)cc1C1c4sc(=O)[nH]c4SC2C13. The number of H-pyrrole nitrogens is 1. The second-order valence-electron chi connectivity index (χ2n) is 7.90. The van der Waals surface area contributed by atoms with Crippen LogP contribution in [0.15, 0.2) is 28.0 Å². The number of rotatable bonds is 1. The molecular formula is C19H14ClNO5S2. The molecule has 2 bridgehead atoms. The number of carboxylic acid groups (broad SMARTS) is 1. The number of carbonyl (C=O) groups excluding carboxylic acids is 1. The molecule has 7 unspecified atom stereocenters. The van der Waals surface area contributed by atoms with Gasteiger partial charge in [-0.2, -0.15) is 0 Å². The maximum absolute atomic E-state index is 13.0. The van der Waals surface area contributed by atoms with Gasteiger partial charge >= 0.3 is 16.8 Å². The van der Waals surface area contributed by atoms with Crippen LogP contribution in [0.1, 0.15) is 22.8 Å². The number of aromatic amines is 1. The molecule has 0 saturated heterocycles. The number of carboxylic acids is 1. The molecule has 2 N–H and O–H groups in total. The Kier molecular flexibility index (Phi) is 3.45. The molecule has 3 heterocycles.